The van der Waals surface area contributed by atoms with Gasteiger partial charge < -0.3 is 0 Å². The Labute approximate surface area is 93.6 Å². The van der Waals surface area contributed by atoms with E-state index in [0.29, 0.717) is 0 Å². The smallest absolute Gasteiger partial charge is 0.185 e. The van der Waals surface area contributed by atoms with Gasteiger partial charge in [-0.1, -0.05) is 36.4 Å². The molecule has 1 aromatic carbocycles. The summed E-state index contributed by atoms with van der Waals surface area (Å²) >= 11 is 0. The summed E-state index contributed by atoms with van der Waals surface area (Å²) in [5.74, 6) is -0.289. The van der Waals surface area contributed by atoms with Crippen LogP contribution in [0.2, 0.25) is 0 Å². The molecule has 0 radical (unpaired) electrons. The normalized spacial score (nSPS) is 14.4. The molecule has 0 saturated carbocycles. The second-order valence-electron chi connectivity index (χ2n) is 3.55. The third-order valence-corrected chi connectivity index (χ3v) is 2.35. The number of carbonyl (C=O) groups is 1. The summed E-state index contributed by atoms with van der Waals surface area (Å²) in [7, 11) is 0. The molecule has 1 aliphatic carbocycles. The van der Waals surface area contributed by atoms with Crippen molar-refractivity contribution in [2.75, 3.05) is 0 Å². The Morgan fingerprint density at radius 3 is 2.62 bits per heavy atom. The maximum Gasteiger partial charge on any atom is 0.185 e. The van der Waals surface area contributed by atoms with Gasteiger partial charge in [0.1, 0.15) is 5.82 Å². The van der Waals surface area contributed by atoms with Gasteiger partial charge in [0.2, 0.25) is 0 Å². The third-order valence-electron chi connectivity index (χ3n) is 2.35. The lowest BCUT2D eigenvalue weighted by atomic mass is 10.1. The molecule has 0 aliphatic heterocycles. The van der Waals surface area contributed by atoms with E-state index in [2.05, 4.69) is 0 Å². The van der Waals surface area contributed by atoms with Gasteiger partial charge in [0.25, 0.3) is 0 Å². The van der Waals surface area contributed by atoms with Crippen molar-refractivity contribution in [3.63, 3.8) is 0 Å². The largest absolute Gasteiger partial charge is 0.289 e. The topological polar surface area (TPSA) is 17.1 Å². The molecular weight excluding hydrogens is 203 g/mol. The van der Waals surface area contributed by atoms with E-state index in [1.807, 2.05) is 18.2 Å². The number of halogens is 1. The molecule has 2 rings (SSSR count). The second-order valence-corrected chi connectivity index (χ2v) is 3.55. The zero-order chi connectivity index (χ0) is 11.4. The van der Waals surface area contributed by atoms with E-state index in [9.17, 15) is 9.18 Å². The molecule has 0 unspecified atom stereocenters. The van der Waals surface area contributed by atoms with E-state index in [0.717, 1.165) is 17.6 Å². The van der Waals surface area contributed by atoms with Crippen molar-refractivity contribution >= 4 is 11.9 Å². The van der Waals surface area contributed by atoms with Gasteiger partial charge in [0.15, 0.2) is 5.78 Å². The van der Waals surface area contributed by atoms with Crippen LogP contribution in [0.4, 0.5) is 4.39 Å². The van der Waals surface area contributed by atoms with E-state index in [4.69, 9.17) is 0 Å². The Kier molecular flexibility index (Phi) is 3.10. The summed E-state index contributed by atoms with van der Waals surface area (Å²) in [6.45, 7) is 0. The lowest BCUT2D eigenvalue weighted by molar-refractivity contribution is -0.111. The van der Waals surface area contributed by atoms with Crippen LogP contribution < -0.4 is 0 Å². The first kappa shape index (κ1) is 10.6. The number of hydrogen-bond donors (Lipinski definition) is 0. The van der Waals surface area contributed by atoms with Gasteiger partial charge in [-0.25, -0.2) is 4.39 Å². The Balaban J connectivity index is 2.06. The zero-order valence-corrected chi connectivity index (χ0v) is 8.69. The van der Waals surface area contributed by atoms with Crippen LogP contribution >= 0.6 is 0 Å². The highest BCUT2D eigenvalue weighted by molar-refractivity contribution is 6.08. The molecule has 0 atom stereocenters. The minimum atomic E-state index is -0.273. The van der Waals surface area contributed by atoms with Crippen LogP contribution in [0.3, 0.4) is 0 Å². The van der Waals surface area contributed by atoms with E-state index in [1.165, 1.54) is 18.2 Å². The van der Waals surface area contributed by atoms with Crippen LogP contribution in [0.5, 0.6) is 0 Å². The standard InChI is InChI=1S/C14H11FO/c15-13-8-5-11(6-9-13)7-10-14(16)12-3-1-2-4-12/h1,3-10H,2H2/b10-7+. The van der Waals surface area contributed by atoms with Crippen LogP contribution in [-0.4, -0.2) is 5.78 Å². The van der Waals surface area contributed by atoms with Crippen molar-refractivity contribution in [2.45, 2.75) is 6.42 Å². The fraction of sp³-hybridized carbons (Fsp3) is 0.0714. The molecule has 1 nitrogen and oxygen atoms in total. The predicted molar refractivity (Wildman–Crippen MR) is 62.3 cm³/mol. The average molecular weight is 214 g/mol. The van der Waals surface area contributed by atoms with Crippen LogP contribution in [0, 0.1) is 5.82 Å². The number of benzene rings is 1. The Hall–Kier alpha value is -1.96. The molecule has 0 spiro atoms. The molecule has 0 N–H and O–H groups in total. The molecule has 2 heteroatoms. The van der Waals surface area contributed by atoms with Crippen molar-refractivity contribution in [3.05, 3.63) is 65.5 Å². The Bertz CT molecular complexity index is 478. The number of ketones is 1. The predicted octanol–water partition coefficient (Wildman–Crippen LogP) is 3.29. The summed E-state index contributed by atoms with van der Waals surface area (Å²) < 4.78 is 12.6. The van der Waals surface area contributed by atoms with Crippen molar-refractivity contribution in [2.24, 2.45) is 0 Å². The van der Waals surface area contributed by atoms with E-state index >= 15 is 0 Å². The molecule has 0 saturated heterocycles. The lowest BCUT2D eigenvalue weighted by Gasteiger charge is -1.93. The van der Waals surface area contributed by atoms with Gasteiger partial charge in [-0.05, 0) is 30.2 Å². The van der Waals surface area contributed by atoms with Gasteiger partial charge in [-0.2, -0.15) is 0 Å². The van der Waals surface area contributed by atoms with Crippen molar-refractivity contribution in [1.29, 1.82) is 0 Å². The minimum absolute atomic E-state index is 0.0157. The molecule has 16 heavy (non-hydrogen) atoms. The van der Waals surface area contributed by atoms with Crippen LogP contribution in [0.15, 0.2) is 54.1 Å². The van der Waals surface area contributed by atoms with Crippen molar-refractivity contribution < 1.29 is 9.18 Å². The number of rotatable bonds is 3. The van der Waals surface area contributed by atoms with Gasteiger partial charge in [0, 0.05) is 5.57 Å². The number of hydrogen-bond acceptors (Lipinski definition) is 1. The molecule has 0 fully saturated rings. The van der Waals surface area contributed by atoms with Crippen LogP contribution in [0.1, 0.15) is 12.0 Å². The summed E-state index contributed by atoms with van der Waals surface area (Å²) in [6.07, 6.45) is 9.67. The fourth-order valence-electron chi connectivity index (χ4n) is 1.48. The highest BCUT2D eigenvalue weighted by atomic mass is 19.1. The summed E-state index contributed by atoms with van der Waals surface area (Å²) in [5.41, 5.74) is 1.54. The first-order valence-electron chi connectivity index (χ1n) is 5.10. The number of allylic oxidation sites excluding steroid dienone is 5. The summed E-state index contributed by atoms with van der Waals surface area (Å²) in [5, 5.41) is 0. The van der Waals surface area contributed by atoms with Gasteiger partial charge in [-0.3, -0.25) is 4.79 Å². The minimum Gasteiger partial charge on any atom is -0.289 e. The average Bonchev–Trinajstić information content (AvgIpc) is 2.81. The zero-order valence-electron chi connectivity index (χ0n) is 8.69. The molecule has 0 bridgehead atoms. The molecule has 80 valence electrons. The van der Waals surface area contributed by atoms with E-state index < -0.39 is 0 Å². The van der Waals surface area contributed by atoms with Crippen molar-refractivity contribution in [3.8, 4) is 0 Å². The quantitative estimate of drug-likeness (QED) is 0.705. The third kappa shape index (κ3) is 2.54. The highest BCUT2D eigenvalue weighted by Crippen LogP contribution is 2.11. The lowest BCUT2D eigenvalue weighted by Crippen LogP contribution is -1.93. The molecule has 0 aromatic heterocycles. The fourth-order valence-corrected chi connectivity index (χ4v) is 1.48. The monoisotopic (exact) mass is 214 g/mol. The van der Waals surface area contributed by atoms with E-state index in [-0.39, 0.29) is 11.6 Å². The molecular formula is C14H11FO. The van der Waals surface area contributed by atoms with E-state index in [1.54, 1.807) is 18.2 Å². The Morgan fingerprint density at radius 2 is 2.00 bits per heavy atom. The van der Waals surface area contributed by atoms with Crippen LogP contribution in [-0.2, 0) is 4.79 Å². The maximum atomic E-state index is 12.6. The Morgan fingerprint density at radius 1 is 1.25 bits per heavy atom. The SMILES string of the molecule is O=C(/C=C/c1ccc(F)cc1)C1=CCC=C1. The summed E-state index contributed by atoms with van der Waals surface area (Å²) in [6, 6.07) is 6.02. The molecule has 0 heterocycles. The first-order valence-corrected chi connectivity index (χ1v) is 5.10. The highest BCUT2D eigenvalue weighted by Gasteiger charge is 2.04. The second kappa shape index (κ2) is 4.71. The van der Waals surface area contributed by atoms with Gasteiger partial charge in [0.05, 0.1) is 0 Å². The van der Waals surface area contributed by atoms with Gasteiger partial charge >= 0.3 is 0 Å². The molecule has 1 aromatic rings. The van der Waals surface area contributed by atoms with Crippen molar-refractivity contribution in [1.82, 2.24) is 0 Å². The van der Waals surface area contributed by atoms with Crippen LogP contribution in [0.25, 0.3) is 6.08 Å². The van der Waals surface area contributed by atoms with Gasteiger partial charge in [-0.15, -0.1) is 0 Å². The molecule has 1 aliphatic rings. The summed E-state index contributed by atoms with van der Waals surface area (Å²) in [4.78, 5) is 11.6. The number of carbonyl (C=O) groups excluding carboxylic acids is 1. The molecule has 0 amide bonds. The maximum absolute atomic E-state index is 12.6. The first-order chi connectivity index (χ1) is 7.75.